The molecule has 1 saturated heterocycles. The topological polar surface area (TPSA) is 110 Å². The smallest absolute Gasteiger partial charge is 0.263 e. The Morgan fingerprint density at radius 1 is 1.33 bits per heavy atom. The van der Waals surface area contributed by atoms with Crippen LogP contribution in [-0.4, -0.2) is 47.7 Å². The highest BCUT2D eigenvalue weighted by Gasteiger charge is 2.32. The number of alkyl halides is 1. The first-order valence-electron chi connectivity index (χ1n) is 11.0. The van der Waals surface area contributed by atoms with E-state index in [4.69, 9.17) is 16.5 Å². The summed E-state index contributed by atoms with van der Waals surface area (Å²) < 4.78 is 27.0. The number of carbonyl (C=O) groups is 1. The maximum absolute atomic E-state index is 13.9. The summed E-state index contributed by atoms with van der Waals surface area (Å²) in [5.41, 5.74) is 14.8. The Morgan fingerprint density at radius 2 is 2.15 bits per heavy atom. The summed E-state index contributed by atoms with van der Waals surface area (Å²) in [7, 11) is 0. The van der Waals surface area contributed by atoms with Crippen molar-refractivity contribution in [3.05, 3.63) is 45.8 Å². The molecule has 10 heteroatoms. The van der Waals surface area contributed by atoms with Crippen molar-refractivity contribution in [2.24, 2.45) is 11.7 Å². The molecule has 1 aliphatic carbocycles. The zero-order chi connectivity index (χ0) is 23.3. The van der Waals surface area contributed by atoms with Crippen molar-refractivity contribution in [3.63, 3.8) is 0 Å². The van der Waals surface area contributed by atoms with Crippen LogP contribution in [0.1, 0.15) is 33.0 Å². The van der Waals surface area contributed by atoms with Gasteiger partial charge in [0.05, 0.1) is 18.1 Å². The van der Waals surface area contributed by atoms with Gasteiger partial charge >= 0.3 is 0 Å². The van der Waals surface area contributed by atoms with Crippen LogP contribution in [0.5, 0.6) is 0 Å². The van der Waals surface area contributed by atoms with E-state index >= 15 is 0 Å². The molecule has 0 bridgehead atoms. The van der Waals surface area contributed by atoms with Crippen LogP contribution in [0.15, 0.2) is 18.2 Å². The van der Waals surface area contributed by atoms with Crippen molar-refractivity contribution in [3.8, 4) is 0 Å². The maximum atomic E-state index is 13.9. The minimum atomic E-state index is -0.439. The number of halogens is 2. The van der Waals surface area contributed by atoms with Gasteiger partial charge in [0.15, 0.2) is 0 Å². The largest absolute Gasteiger partial charge is 0.397 e. The van der Waals surface area contributed by atoms with Gasteiger partial charge in [-0.15, -0.1) is 11.3 Å². The SMILES string of the molecule is Cc1nc2sc(C(=O)N[C@H]3CCc4nc(N5C[C@H](CF)[C@@H](N)C5)ccc4C3)c(N)c2cc1F. The monoisotopic (exact) mass is 472 g/mol. The predicted octanol–water partition coefficient (Wildman–Crippen LogP) is 2.74. The molecule has 0 spiro atoms. The number of hydrogen-bond donors (Lipinski definition) is 3. The number of rotatable bonds is 4. The third kappa shape index (κ3) is 4.02. The number of fused-ring (bicyclic) bond motifs is 2. The van der Waals surface area contributed by atoms with E-state index in [0.29, 0.717) is 34.6 Å². The van der Waals surface area contributed by atoms with Crippen LogP contribution < -0.4 is 21.7 Å². The molecule has 33 heavy (non-hydrogen) atoms. The Bertz CT molecular complexity index is 1230. The van der Waals surface area contributed by atoms with Gasteiger partial charge in [-0.3, -0.25) is 9.18 Å². The highest BCUT2D eigenvalue weighted by molar-refractivity contribution is 7.21. The van der Waals surface area contributed by atoms with Gasteiger partial charge in [0, 0.05) is 42.2 Å². The van der Waals surface area contributed by atoms with Crippen LogP contribution >= 0.6 is 11.3 Å². The second-order valence-electron chi connectivity index (χ2n) is 8.92. The Hall–Kier alpha value is -2.85. The van der Waals surface area contributed by atoms with E-state index in [2.05, 4.69) is 10.3 Å². The first-order valence-corrected chi connectivity index (χ1v) is 11.9. The second kappa shape index (κ2) is 8.49. The average molecular weight is 473 g/mol. The molecular formula is C23H26F2N6OS. The predicted molar refractivity (Wildman–Crippen MR) is 126 cm³/mol. The Morgan fingerprint density at radius 3 is 2.91 bits per heavy atom. The lowest BCUT2D eigenvalue weighted by molar-refractivity contribution is 0.0938. The van der Waals surface area contributed by atoms with Gasteiger partial charge in [0.1, 0.15) is 21.3 Å². The number of nitrogen functional groups attached to an aromatic ring is 1. The molecule has 7 nitrogen and oxygen atoms in total. The number of amides is 1. The van der Waals surface area contributed by atoms with Crippen molar-refractivity contribution in [2.45, 2.75) is 38.3 Å². The molecule has 3 atom stereocenters. The molecule has 4 heterocycles. The van der Waals surface area contributed by atoms with Crippen LogP contribution in [0.3, 0.4) is 0 Å². The van der Waals surface area contributed by atoms with Crippen molar-refractivity contribution in [1.29, 1.82) is 0 Å². The van der Waals surface area contributed by atoms with Gasteiger partial charge in [0.2, 0.25) is 0 Å². The lowest BCUT2D eigenvalue weighted by atomic mass is 9.91. The van der Waals surface area contributed by atoms with Crippen molar-refractivity contribution >= 4 is 39.0 Å². The highest BCUT2D eigenvalue weighted by atomic mass is 32.1. The first-order chi connectivity index (χ1) is 15.8. The number of nitrogens with two attached hydrogens (primary N) is 2. The van der Waals surface area contributed by atoms with Crippen LogP contribution in [0.4, 0.5) is 20.3 Å². The minimum Gasteiger partial charge on any atom is -0.397 e. The standard InChI is InChI=1S/C23H26F2N6OS/c1-11-16(25)7-15-20(27)21(33-23(15)28-11)22(32)29-14-3-4-18-12(6-14)2-5-19(30-18)31-9-13(8-24)17(26)10-31/h2,5,7,13-14,17H,3-4,6,8-10,26-27H2,1H3,(H,29,32)/t13-,14-,17-/m0/s1. The highest BCUT2D eigenvalue weighted by Crippen LogP contribution is 2.34. The lowest BCUT2D eigenvalue weighted by Crippen LogP contribution is -2.39. The van der Waals surface area contributed by atoms with Gasteiger partial charge in [-0.2, -0.15) is 0 Å². The van der Waals surface area contributed by atoms with Crippen LogP contribution in [0.25, 0.3) is 10.2 Å². The summed E-state index contributed by atoms with van der Waals surface area (Å²) in [6.07, 6.45) is 2.14. The quantitative estimate of drug-likeness (QED) is 0.539. The molecule has 3 aromatic rings. The molecule has 0 unspecified atom stereocenters. The van der Waals surface area contributed by atoms with Gasteiger partial charge in [0.25, 0.3) is 5.91 Å². The first kappa shape index (κ1) is 22.0. The number of thiophene rings is 1. The zero-order valence-corrected chi connectivity index (χ0v) is 19.1. The molecule has 2 aliphatic rings. The Balaban J connectivity index is 1.29. The van der Waals surface area contributed by atoms with Crippen LogP contribution in [0.2, 0.25) is 0 Å². The normalized spacial score (nSPS) is 22.5. The number of hydrogen-bond acceptors (Lipinski definition) is 7. The van der Waals surface area contributed by atoms with E-state index in [1.165, 1.54) is 17.4 Å². The van der Waals surface area contributed by atoms with Gasteiger partial charge in [-0.1, -0.05) is 6.07 Å². The molecule has 1 fully saturated rings. The number of carbonyl (C=O) groups excluding carboxylic acids is 1. The molecular weight excluding hydrogens is 446 g/mol. The summed E-state index contributed by atoms with van der Waals surface area (Å²) >= 11 is 1.18. The Labute approximate surface area is 194 Å². The fourth-order valence-electron chi connectivity index (χ4n) is 4.67. The minimum absolute atomic E-state index is 0.0511. The van der Waals surface area contributed by atoms with Crippen LogP contribution in [0, 0.1) is 18.7 Å². The van der Waals surface area contributed by atoms with Crippen molar-refractivity contribution < 1.29 is 13.6 Å². The molecule has 5 rings (SSSR count). The molecule has 0 radical (unpaired) electrons. The average Bonchev–Trinajstić information content (AvgIpc) is 3.33. The van der Waals surface area contributed by atoms with E-state index in [0.717, 1.165) is 29.9 Å². The van der Waals surface area contributed by atoms with E-state index in [9.17, 15) is 13.6 Å². The molecule has 1 amide bonds. The lowest BCUT2D eigenvalue weighted by Gasteiger charge is -2.26. The summed E-state index contributed by atoms with van der Waals surface area (Å²) in [6, 6.07) is 5.09. The number of nitrogens with zero attached hydrogens (tertiary/aromatic N) is 3. The number of nitrogens with one attached hydrogen (secondary N) is 1. The number of anilines is 2. The maximum Gasteiger partial charge on any atom is 0.263 e. The molecule has 3 aromatic heterocycles. The molecule has 1 aliphatic heterocycles. The molecule has 0 aromatic carbocycles. The zero-order valence-electron chi connectivity index (χ0n) is 18.3. The summed E-state index contributed by atoms with van der Waals surface area (Å²) in [5, 5.41) is 3.54. The third-order valence-corrected chi connectivity index (χ3v) is 7.77. The second-order valence-corrected chi connectivity index (χ2v) is 9.92. The van der Waals surface area contributed by atoms with E-state index in [-0.39, 0.29) is 35.3 Å². The third-order valence-electron chi connectivity index (χ3n) is 6.65. The molecule has 5 N–H and O–H groups in total. The summed E-state index contributed by atoms with van der Waals surface area (Å²) in [5.74, 6) is -0.0316. The van der Waals surface area contributed by atoms with Gasteiger partial charge < -0.3 is 21.7 Å². The van der Waals surface area contributed by atoms with Crippen LogP contribution in [-0.2, 0) is 12.8 Å². The fourth-order valence-corrected chi connectivity index (χ4v) is 5.70. The van der Waals surface area contributed by atoms with E-state index < -0.39 is 12.5 Å². The Kier molecular flexibility index (Phi) is 5.65. The summed E-state index contributed by atoms with van der Waals surface area (Å²) in [6.45, 7) is 2.35. The fraction of sp³-hybridized carbons (Fsp3) is 0.435. The molecule has 174 valence electrons. The van der Waals surface area contributed by atoms with Gasteiger partial charge in [-0.05, 0) is 43.9 Å². The molecule has 0 saturated carbocycles. The van der Waals surface area contributed by atoms with E-state index in [1.54, 1.807) is 6.92 Å². The summed E-state index contributed by atoms with van der Waals surface area (Å²) in [4.78, 5) is 24.9. The number of pyridine rings is 2. The van der Waals surface area contributed by atoms with E-state index in [1.807, 2.05) is 17.0 Å². The van der Waals surface area contributed by atoms with Crippen molar-refractivity contribution in [1.82, 2.24) is 15.3 Å². The van der Waals surface area contributed by atoms with Crippen molar-refractivity contribution in [2.75, 3.05) is 30.4 Å². The number of aryl methyl sites for hydroxylation is 2. The van der Waals surface area contributed by atoms with Gasteiger partial charge in [-0.25, -0.2) is 14.4 Å². The number of aromatic nitrogens is 2.